The third-order valence-corrected chi connectivity index (χ3v) is 13.5. The lowest BCUT2D eigenvalue weighted by molar-refractivity contribution is -0.0248. The second-order valence-corrected chi connectivity index (χ2v) is 17.6. The number of carbonyl (C=O) groups excluding carboxylic acids is 1. The van der Waals surface area contributed by atoms with Crippen LogP contribution in [0.4, 0.5) is 0 Å². The molecule has 4 heterocycles. The summed E-state index contributed by atoms with van der Waals surface area (Å²) in [6.45, 7) is 9.92. The molecule has 0 amide bonds. The molecule has 2 aliphatic heterocycles. The Hall–Kier alpha value is -7.16. The standard InChI is InChI=1S/C56H53N5O3/c1-6-55(38(2)3,64-52(62)49-36-57-37-60-49)39-28-32-54(33-29-39,53(4,5)63)45-25-17-16-24-43(45)47-26-27-48(61-47)51-44(30-34-59-51)50-46(31-35-58-50)56(40-18-10-7-11-19-40,41-20-12-8-13-21-41)42-22-14-9-15-23-42/h7-32,34-38,61,63H,6,33H2,1-5H3,(H,57,60). The van der Waals surface area contributed by atoms with Crippen molar-refractivity contribution in [3.8, 4) is 11.3 Å². The van der Waals surface area contributed by atoms with Crippen molar-refractivity contribution in [3.05, 3.63) is 233 Å². The molecule has 6 aromatic rings. The highest BCUT2D eigenvalue weighted by atomic mass is 16.6. The smallest absolute Gasteiger partial charge is 0.357 e. The zero-order chi connectivity index (χ0) is 44.5. The van der Waals surface area contributed by atoms with E-state index in [4.69, 9.17) is 14.7 Å². The van der Waals surface area contributed by atoms with Crippen molar-refractivity contribution in [2.45, 2.75) is 69.5 Å². The van der Waals surface area contributed by atoms with Gasteiger partial charge >= 0.3 is 5.97 Å². The fourth-order valence-corrected chi connectivity index (χ4v) is 10.1. The molecule has 2 aromatic heterocycles. The van der Waals surface area contributed by atoms with Crippen LogP contribution in [-0.2, 0) is 15.6 Å². The molecule has 9 rings (SSSR count). The van der Waals surface area contributed by atoms with Gasteiger partial charge in [0.25, 0.3) is 0 Å². The summed E-state index contributed by atoms with van der Waals surface area (Å²) in [5.74, 6) is -0.481. The zero-order valence-electron chi connectivity index (χ0n) is 36.9. The molecule has 8 heteroatoms. The number of aliphatic imine (C=N–C) groups is 2. The van der Waals surface area contributed by atoms with Gasteiger partial charge in [-0.25, -0.2) is 9.78 Å². The topological polar surface area (TPSA) is 116 Å². The number of nitrogens with zero attached hydrogens (tertiary/aromatic N) is 3. The van der Waals surface area contributed by atoms with Crippen LogP contribution in [0, 0.1) is 5.92 Å². The molecule has 3 N–H and O–H groups in total. The molecule has 0 saturated carbocycles. The van der Waals surface area contributed by atoms with E-state index in [1.807, 2.05) is 51.4 Å². The molecule has 0 bridgehead atoms. The minimum atomic E-state index is -1.18. The number of ether oxygens (including phenoxy) is 1. The van der Waals surface area contributed by atoms with Crippen molar-refractivity contribution in [3.63, 3.8) is 0 Å². The summed E-state index contributed by atoms with van der Waals surface area (Å²) in [7, 11) is 0. The average Bonchev–Trinajstić information content (AvgIpc) is 4.18. The van der Waals surface area contributed by atoms with Crippen LogP contribution in [-0.4, -0.2) is 49.2 Å². The Morgan fingerprint density at radius 3 is 2.02 bits per heavy atom. The highest BCUT2D eigenvalue weighted by Crippen LogP contribution is 2.51. The van der Waals surface area contributed by atoms with Gasteiger partial charge in [-0.1, -0.05) is 154 Å². The van der Waals surface area contributed by atoms with Crippen molar-refractivity contribution in [1.29, 1.82) is 0 Å². The van der Waals surface area contributed by atoms with Crippen molar-refractivity contribution >= 4 is 17.9 Å². The van der Waals surface area contributed by atoms with Crippen LogP contribution in [0.3, 0.4) is 0 Å². The van der Waals surface area contributed by atoms with Crippen LogP contribution >= 0.6 is 0 Å². The quantitative estimate of drug-likeness (QED) is 0.0793. The number of allylic oxidation sites excluding steroid dienone is 5. The summed E-state index contributed by atoms with van der Waals surface area (Å²) in [5, 5.41) is 12.2. The molecule has 8 nitrogen and oxygen atoms in total. The number of aromatic nitrogens is 3. The Labute approximate surface area is 375 Å². The maximum Gasteiger partial charge on any atom is 0.357 e. The molecule has 64 heavy (non-hydrogen) atoms. The average molecular weight is 844 g/mol. The molecular formula is C56H53N5O3. The van der Waals surface area contributed by atoms with Crippen molar-refractivity contribution in [2.24, 2.45) is 15.9 Å². The number of carbonyl (C=O) groups is 1. The van der Waals surface area contributed by atoms with Gasteiger partial charge in [-0.3, -0.25) is 9.98 Å². The second-order valence-electron chi connectivity index (χ2n) is 17.6. The molecule has 2 atom stereocenters. The summed E-state index contributed by atoms with van der Waals surface area (Å²) < 4.78 is 6.35. The van der Waals surface area contributed by atoms with Gasteiger partial charge in [0.15, 0.2) is 0 Å². The molecule has 0 fully saturated rings. The lowest BCUT2D eigenvalue weighted by Crippen LogP contribution is -2.48. The van der Waals surface area contributed by atoms with Gasteiger partial charge < -0.3 is 19.8 Å². The molecule has 0 radical (unpaired) electrons. The fraction of sp³-hybridized carbons (Fsp3) is 0.214. The molecule has 2 unspecified atom stereocenters. The van der Waals surface area contributed by atoms with Gasteiger partial charge in [0, 0.05) is 34.7 Å². The summed E-state index contributed by atoms with van der Waals surface area (Å²) in [6.07, 6.45) is 18.3. The number of benzene rings is 4. The first-order valence-electron chi connectivity index (χ1n) is 22.1. The zero-order valence-corrected chi connectivity index (χ0v) is 36.9. The number of hydrogen-bond donors (Lipinski definition) is 3. The number of imidazole rings is 1. The van der Waals surface area contributed by atoms with E-state index in [0.29, 0.717) is 18.5 Å². The van der Waals surface area contributed by atoms with Crippen LogP contribution < -0.4 is 0 Å². The first-order valence-corrected chi connectivity index (χ1v) is 22.1. The van der Waals surface area contributed by atoms with Gasteiger partial charge in [0.05, 0.1) is 40.6 Å². The Balaban J connectivity index is 1.10. The van der Waals surface area contributed by atoms with E-state index in [9.17, 15) is 9.90 Å². The van der Waals surface area contributed by atoms with E-state index >= 15 is 0 Å². The first kappa shape index (κ1) is 42.2. The van der Waals surface area contributed by atoms with E-state index in [-0.39, 0.29) is 5.92 Å². The van der Waals surface area contributed by atoms with Gasteiger partial charge in [0.1, 0.15) is 11.3 Å². The number of aliphatic hydroxyl groups is 1. The van der Waals surface area contributed by atoms with Crippen molar-refractivity contribution in [1.82, 2.24) is 15.0 Å². The number of H-pyrrole nitrogens is 2. The van der Waals surface area contributed by atoms with Gasteiger partial charge in [0.2, 0.25) is 0 Å². The van der Waals surface area contributed by atoms with E-state index in [1.165, 1.54) is 12.5 Å². The number of nitrogens with one attached hydrogen (secondary N) is 2. The van der Waals surface area contributed by atoms with Gasteiger partial charge in [-0.15, -0.1) is 0 Å². The Bertz CT molecular complexity index is 2790. The fourth-order valence-electron chi connectivity index (χ4n) is 10.1. The lowest BCUT2D eigenvalue weighted by atomic mass is 9.62. The Kier molecular flexibility index (Phi) is 11.1. The largest absolute Gasteiger partial charge is 0.449 e. The van der Waals surface area contributed by atoms with Crippen LogP contribution in [0.15, 0.2) is 209 Å². The van der Waals surface area contributed by atoms with Gasteiger partial charge in [-0.2, -0.15) is 0 Å². The highest BCUT2D eigenvalue weighted by Gasteiger charge is 2.48. The third-order valence-electron chi connectivity index (χ3n) is 13.5. The number of hydrogen-bond acceptors (Lipinski definition) is 6. The monoisotopic (exact) mass is 843 g/mol. The van der Waals surface area contributed by atoms with E-state index in [0.717, 1.165) is 67.3 Å². The molecule has 0 saturated heterocycles. The minimum Gasteiger partial charge on any atom is -0.449 e. The SMILES string of the molecule is CCC(OC(=O)c1cnc[nH]1)(C1=CCC(c2ccccc2-c2ccc(C3=NC=CC3=C3N=CC=C3C(c3ccccc3)(c3ccccc3)c3ccccc3)[nH]2)(C(C)(C)O)C=C1)C(C)C. The normalized spacial score (nSPS) is 19.4. The van der Waals surface area contributed by atoms with E-state index < -0.39 is 28.0 Å². The Morgan fingerprint density at radius 2 is 1.45 bits per heavy atom. The number of aromatic amines is 2. The van der Waals surface area contributed by atoms with Crippen molar-refractivity contribution < 1.29 is 14.6 Å². The molecule has 1 aliphatic carbocycles. The third kappa shape index (κ3) is 6.99. The van der Waals surface area contributed by atoms with Crippen LogP contribution in [0.1, 0.15) is 85.9 Å². The predicted octanol–water partition coefficient (Wildman–Crippen LogP) is 11.6. The number of rotatable bonds is 13. The highest BCUT2D eigenvalue weighted by molar-refractivity contribution is 6.16. The second kappa shape index (κ2) is 16.8. The Morgan fingerprint density at radius 1 is 0.828 bits per heavy atom. The molecule has 0 spiro atoms. The summed E-state index contributed by atoms with van der Waals surface area (Å²) in [6, 6.07) is 44.5. The first-order chi connectivity index (χ1) is 31.0. The number of esters is 1. The van der Waals surface area contributed by atoms with Crippen LogP contribution in [0.25, 0.3) is 11.3 Å². The predicted molar refractivity (Wildman–Crippen MR) is 256 cm³/mol. The lowest BCUT2D eigenvalue weighted by Gasteiger charge is -2.46. The summed E-state index contributed by atoms with van der Waals surface area (Å²) in [4.78, 5) is 34.1. The maximum absolute atomic E-state index is 13.4. The van der Waals surface area contributed by atoms with Crippen LogP contribution in [0.5, 0.6) is 0 Å². The van der Waals surface area contributed by atoms with E-state index in [2.05, 4.69) is 168 Å². The molecule has 4 aromatic carbocycles. The van der Waals surface area contributed by atoms with Crippen molar-refractivity contribution in [2.75, 3.05) is 0 Å². The summed E-state index contributed by atoms with van der Waals surface area (Å²) >= 11 is 0. The van der Waals surface area contributed by atoms with E-state index in [1.54, 1.807) is 0 Å². The molecule has 3 aliphatic rings. The molecular weight excluding hydrogens is 791 g/mol. The summed E-state index contributed by atoms with van der Waals surface area (Å²) in [5.41, 5.74) is 8.38. The molecule has 320 valence electrons. The minimum absolute atomic E-state index is 0.0275. The van der Waals surface area contributed by atoms with Gasteiger partial charge in [-0.05, 0) is 90.3 Å². The van der Waals surface area contributed by atoms with Crippen LogP contribution in [0.2, 0.25) is 0 Å². The maximum atomic E-state index is 13.4.